The summed E-state index contributed by atoms with van der Waals surface area (Å²) < 4.78 is 0. The minimum atomic E-state index is 0.484. The van der Waals surface area contributed by atoms with E-state index in [1.807, 2.05) is 6.92 Å². The second kappa shape index (κ2) is 5.41. The number of hydrogen-bond donors (Lipinski definition) is 1. The fraction of sp³-hybridized carbons (Fsp3) is 0.800. The maximum Gasteiger partial charge on any atom is 0.122 e. The lowest BCUT2D eigenvalue weighted by Gasteiger charge is -2.20. The van der Waals surface area contributed by atoms with Crippen LogP contribution in [0.2, 0.25) is 0 Å². The molecule has 4 heteroatoms. The molecule has 0 spiro atoms. The molecule has 14 heavy (non-hydrogen) atoms. The summed E-state index contributed by atoms with van der Waals surface area (Å²) in [5.41, 5.74) is 0. The van der Waals surface area contributed by atoms with Crippen LogP contribution in [-0.4, -0.2) is 22.8 Å². The maximum atomic E-state index is 4.22. The summed E-state index contributed by atoms with van der Waals surface area (Å²) in [6.07, 6.45) is 1.11. The third kappa shape index (κ3) is 2.75. The molecule has 0 aliphatic carbocycles. The number of aromatic nitrogens is 2. The van der Waals surface area contributed by atoms with Crippen molar-refractivity contribution in [1.29, 1.82) is 0 Å². The van der Waals surface area contributed by atoms with Gasteiger partial charge in [-0.25, -0.2) is 0 Å². The highest BCUT2D eigenvalue weighted by atomic mass is 32.1. The SMILES string of the molecule is CCNC(C)C(CC)c1nnc(C)s1. The van der Waals surface area contributed by atoms with Gasteiger partial charge in [0, 0.05) is 12.0 Å². The second-order valence-electron chi connectivity index (χ2n) is 3.52. The summed E-state index contributed by atoms with van der Waals surface area (Å²) >= 11 is 1.71. The molecule has 0 fully saturated rings. The maximum absolute atomic E-state index is 4.22. The Kier molecular flexibility index (Phi) is 4.48. The van der Waals surface area contributed by atoms with Crippen LogP contribution in [0.5, 0.6) is 0 Å². The van der Waals surface area contributed by atoms with E-state index in [0.717, 1.165) is 18.0 Å². The summed E-state index contributed by atoms with van der Waals surface area (Å²) in [5.74, 6) is 0.501. The van der Waals surface area contributed by atoms with Gasteiger partial charge in [0.2, 0.25) is 0 Å². The van der Waals surface area contributed by atoms with Crippen molar-refractivity contribution in [1.82, 2.24) is 15.5 Å². The average Bonchev–Trinajstić information content (AvgIpc) is 2.54. The van der Waals surface area contributed by atoms with Crippen LogP contribution >= 0.6 is 11.3 Å². The Labute approximate surface area is 89.9 Å². The second-order valence-corrected chi connectivity index (χ2v) is 4.73. The minimum absolute atomic E-state index is 0.484. The molecule has 1 aromatic rings. The Morgan fingerprint density at radius 2 is 2.07 bits per heavy atom. The van der Waals surface area contributed by atoms with Crippen molar-refractivity contribution in [2.75, 3.05) is 6.54 Å². The molecule has 0 saturated carbocycles. The van der Waals surface area contributed by atoms with E-state index < -0.39 is 0 Å². The molecule has 2 unspecified atom stereocenters. The molecule has 2 atom stereocenters. The molecule has 0 saturated heterocycles. The van der Waals surface area contributed by atoms with Crippen LogP contribution in [0, 0.1) is 6.92 Å². The molecule has 0 radical (unpaired) electrons. The van der Waals surface area contributed by atoms with E-state index in [1.165, 1.54) is 5.01 Å². The van der Waals surface area contributed by atoms with E-state index in [0.29, 0.717) is 12.0 Å². The van der Waals surface area contributed by atoms with Gasteiger partial charge < -0.3 is 5.32 Å². The monoisotopic (exact) mass is 213 g/mol. The Hall–Kier alpha value is -0.480. The zero-order chi connectivity index (χ0) is 10.6. The topological polar surface area (TPSA) is 37.8 Å². The van der Waals surface area contributed by atoms with Crippen molar-refractivity contribution in [2.24, 2.45) is 0 Å². The smallest absolute Gasteiger partial charge is 0.122 e. The Bertz CT molecular complexity index is 272. The van der Waals surface area contributed by atoms with Gasteiger partial charge in [-0.05, 0) is 26.8 Å². The first-order valence-corrected chi connectivity index (χ1v) is 6.04. The summed E-state index contributed by atoms with van der Waals surface area (Å²) in [7, 11) is 0. The summed E-state index contributed by atoms with van der Waals surface area (Å²) in [5, 5.41) is 14.0. The van der Waals surface area contributed by atoms with Crippen molar-refractivity contribution in [3.05, 3.63) is 10.0 Å². The van der Waals surface area contributed by atoms with Gasteiger partial charge in [0.1, 0.15) is 10.0 Å². The number of likely N-dealkylation sites (N-methyl/N-ethyl adjacent to an activating group) is 1. The summed E-state index contributed by atoms with van der Waals surface area (Å²) in [4.78, 5) is 0. The zero-order valence-corrected chi connectivity index (χ0v) is 10.2. The first-order chi connectivity index (χ1) is 6.69. The standard InChI is InChI=1S/C10H19N3S/c1-5-9(7(3)11-6-2)10-13-12-8(4)14-10/h7,9,11H,5-6H2,1-4H3. The van der Waals surface area contributed by atoms with E-state index in [9.17, 15) is 0 Å². The molecular weight excluding hydrogens is 194 g/mol. The first kappa shape index (κ1) is 11.6. The Morgan fingerprint density at radius 1 is 1.36 bits per heavy atom. The van der Waals surface area contributed by atoms with Crippen LogP contribution in [0.3, 0.4) is 0 Å². The van der Waals surface area contributed by atoms with E-state index in [2.05, 4.69) is 36.3 Å². The minimum Gasteiger partial charge on any atom is -0.314 e. The van der Waals surface area contributed by atoms with E-state index in [-0.39, 0.29) is 0 Å². The lowest BCUT2D eigenvalue weighted by molar-refractivity contribution is 0.457. The highest BCUT2D eigenvalue weighted by Gasteiger charge is 2.20. The number of rotatable bonds is 5. The fourth-order valence-corrected chi connectivity index (χ4v) is 2.66. The van der Waals surface area contributed by atoms with Gasteiger partial charge in [0.25, 0.3) is 0 Å². The van der Waals surface area contributed by atoms with Gasteiger partial charge in [0.15, 0.2) is 0 Å². The predicted molar refractivity (Wildman–Crippen MR) is 60.8 cm³/mol. The molecular formula is C10H19N3S. The molecule has 3 nitrogen and oxygen atoms in total. The van der Waals surface area contributed by atoms with Gasteiger partial charge in [-0.3, -0.25) is 0 Å². The molecule has 0 aliphatic heterocycles. The highest BCUT2D eigenvalue weighted by Crippen LogP contribution is 2.25. The van der Waals surface area contributed by atoms with E-state index in [4.69, 9.17) is 0 Å². The fourth-order valence-electron chi connectivity index (χ4n) is 1.67. The van der Waals surface area contributed by atoms with Crippen LogP contribution in [-0.2, 0) is 0 Å². The third-order valence-corrected chi connectivity index (χ3v) is 3.40. The molecule has 1 rings (SSSR count). The first-order valence-electron chi connectivity index (χ1n) is 5.22. The molecule has 1 heterocycles. The van der Waals surface area contributed by atoms with Crippen LogP contribution in [0.4, 0.5) is 0 Å². The third-order valence-electron chi connectivity index (χ3n) is 2.43. The lowest BCUT2D eigenvalue weighted by Crippen LogP contribution is -2.31. The zero-order valence-electron chi connectivity index (χ0n) is 9.37. The number of aryl methyl sites for hydroxylation is 1. The highest BCUT2D eigenvalue weighted by molar-refractivity contribution is 7.11. The van der Waals surface area contributed by atoms with Gasteiger partial charge in [0.05, 0.1) is 0 Å². The van der Waals surface area contributed by atoms with Crippen molar-refractivity contribution < 1.29 is 0 Å². The van der Waals surface area contributed by atoms with Crippen molar-refractivity contribution in [3.63, 3.8) is 0 Å². The summed E-state index contributed by atoms with van der Waals surface area (Å²) in [6, 6.07) is 0.484. The number of hydrogen-bond acceptors (Lipinski definition) is 4. The molecule has 0 bridgehead atoms. The lowest BCUT2D eigenvalue weighted by atomic mass is 9.99. The molecule has 1 aromatic heterocycles. The number of nitrogens with zero attached hydrogens (tertiary/aromatic N) is 2. The molecule has 0 aliphatic rings. The molecule has 0 amide bonds. The summed E-state index contributed by atoms with van der Waals surface area (Å²) in [6.45, 7) is 9.57. The Balaban J connectivity index is 2.71. The average molecular weight is 213 g/mol. The van der Waals surface area contributed by atoms with Crippen LogP contribution in [0.15, 0.2) is 0 Å². The van der Waals surface area contributed by atoms with Gasteiger partial charge in [-0.15, -0.1) is 21.5 Å². The van der Waals surface area contributed by atoms with Crippen molar-refractivity contribution >= 4 is 11.3 Å². The quantitative estimate of drug-likeness (QED) is 0.816. The van der Waals surface area contributed by atoms with Crippen molar-refractivity contribution in [3.8, 4) is 0 Å². The normalized spacial score (nSPS) is 15.4. The van der Waals surface area contributed by atoms with E-state index >= 15 is 0 Å². The molecule has 0 aromatic carbocycles. The Morgan fingerprint density at radius 3 is 2.50 bits per heavy atom. The molecule has 1 N–H and O–H groups in total. The van der Waals surface area contributed by atoms with Gasteiger partial charge in [-0.1, -0.05) is 13.8 Å². The van der Waals surface area contributed by atoms with Gasteiger partial charge in [-0.2, -0.15) is 0 Å². The largest absolute Gasteiger partial charge is 0.314 e. The van der Waals surface area contributed by atoms with Crippen LogP contribution in [0.25, 0.3) is 0 Å². The number of nitrogens with one attached hydrogen (secondary N) is 1. The molecule has 80 valence electrons. The van der Waals surface area contributed by atoms with Crippen LogP contribution < -0.4 is 5.32 Å². The van der Waals surface area contributed by atoms with E-state index in [1.54, 1.807) is 11.3 Å². The van der Waals surface area contributed by atoms with Crippen molar-refractivity contribution in [2.45, 2.75) is 46.1 Å². The predicted octanol–water partition coefficient (Wildman–Crippen LogP) is 2.34. The van der Waals surface area contributed by atoms with Crippen LogP contribution in [0.1, 0.15) is 43.1 Å². The van der Waals surface area contributed by atoms with Gasteiger partial charge >= 0.3 is 0 Å².